The van der Waals surface area contributed by atoms with E-state index in [9.17, 15) is 4.79 Å². The van der Waals surface area contributed by atoms with Gasteiger partial charge in [-0.1, -0.05) is 23.8 Å². The molecule has 0 amide bonds. The van der Waals surface area contributed by atoms with Crippen LogP contribution in [-0.4, -0.2) is 5.78 Å². The molecule has 2 saturated carbocycles. The maximum Gasteiger partial charge on any atom is 0.140 e. The van der Waals surface area contributed by atoms with Gasteiger partial charge in [0.15, 0.2) is 0 Å². The first kappa shape index (κ1) is 11.0. The summed E-state index contributed by atoms with van der Waals surface area (Å²) in [6, 6.07) is 0. The lowest BCUT2D eigenvalue weighted by Gasteiger charge is -2.35. The number of carbonyl (C=O) groups is 1. The SMILES string of the molecule is C/C1=C/C[C@@H]2[C@H]3CC[C@H](C3)[C@H]2C(=O)[C@@H]2CC=C[C@H]12. The monoisotopic (exact) mass is 242 g/mol. The highest BCUT2D eigenvalue weighted by Crippen LogP contribution is 2.56. The Morgan fingerprint density at radius 3 is 2.89 bits per heavy atom. The maximum atomic E-state index is 12.9. The maximum absolute atomic E-state index is 12.9. The van der Waals surface area contributed by atoms with Gasteiger partial charge in [0.1, 0.15) is 5.78 Å². The van der Waals surface area contributed by atoms with Gasteiger partial charge < -0.3 is 0 Å². The molecular weight excluding hydrogens is 220 g/mol. The molecule has 2 fully saturated rings. The zero-order valence-electron chi connectivity index (χ0n) is 11.1. The molecule has 4 rings (SSSR count). The molecule has 0 aliphatic heterocycles. The molecule has 0 N–H and O–H groups in total. The first-order valence-electron chi connectivity index (χ1n) is 7.62. The van der Waals surface area contributed by atoms with Gasteiger partial charge in [0.25, 0.3) is 0 Å². The Bertz CT molecular complexity index is 445. The van der Waals surface area contributed by atoms with E-state index in [1.54, 1.807) is 0 Å². The van der Waals surface area contributed by atoms with E-state index in [0.717, 1.165) is 18.3 Å². The second-order valence-electron chi connectivity index (χ2n) is 6.91. The molecule has 18 heavy (non-hydrogen) atoms. The van der Waals surface area contributed by atoms with E-state index in [4.69, 9.17) is 0 Å². The fraction of sp³-hybridized carbons (Fsp3) is 0.706. The van der Waals surface area contributed by atoms with Crippen LogP contribution in [0.25, 0.3) is 0 Å². The normalized spacial score (nSPS) is 52.5. The predicted octanol–water partition coefficient (Wildman–Crippen LogP) is 3.76. The molecule has 0 radical (unpaired) electrons. The van der Waals surface area contributed by atoms with Crippen molar-refractivity contribution in [1.29, 1.82) is 0 Å². The van der Waals surface area contributed by atoms with Crippen LogP contribution in [0, 0.1) is 35.5 Å². The van der Waals surface area contributed by atoms with Gasteiger partial charge in [-0.05, 0) is 56.8 Å². The third-order valence-corrected chi connectivity index (χ3v) is 6.19. The molecule has 0 unspecified atom stereocenters. The third-order valence-electron chi connectivity index (χ3n) is 6.19. The number of fused-ring (bicyclic) bond motifs is 6. The van der Waals surface area contributed by atoms with Crippen LogP contribution in [0.4, 0.5) is 0 Å². The van der Waals surface area contributed by atoms with Gasteiger partial charge >= 0.3 is 0 Å². The lowest BCUT2D eigenvalue weighted by molar-refractivity contribution is -0.130. The number of ketones is 1. The Morgan fingerprint density at radius 2 is 2.00 bits per heavy atom. The minimum atomic E-state index is 0.286. The first-order chi connectivity index (χ1) is 8.75. The van der Waals surface area contributed by atoms with Crippen LogP contribution in [-0.2, 0) is 4.79 Å². The highest BCUT2D eigenvalue weighted by molar-refractivity contribution is 5.86. The Morgan fingerprint density at radius 1 is 1.17 bits per heavy atom. The molecule has 0 saturated heterocycles. The van der Waals surface area contributed by atoms with Gasteiger partial charge in [0, 0.05) is 17.8 Å². The second-order valence-corrected chi connectivity index (χ2v) is 6.91. The third kappa shape index (κ3) is 1.36. The summed E-state index contributed by atoms with van der Waals surface area (Å²) in [5.74, 6) is 4.04. The molecule has 0 aromatic carbocycles. The first-order valence-corrected chi connectivity index (χ1v) is 7.62. The van der Waals surface area contributed by atoms with E-state index in [0.29, 0.717) is 23.5 Å². The molecular formula is C17H22O. The van der Waals surface area contributed by atoms with E-state index < -0.39 is 0 Å². The van der Waals surface area contributed by atoms with Gasteiger partial charge in [-0.2, -0.15) is 0 Å². The topological polar surface area (TPSA) is 17.1 Å². The molecule has 0 aromatic heterocycles. The Hall–Kier alpha value is -0.850. The average molecular weight is 242 g/mol. The van der Waals surface area contributed by atoms with Crippen LogP contribution in [0.5, 0.6) is 0 Å². The summed E-state index contributed by atoms with van der Waals surface area (Å²) >= 11 is 0. The van der Waals surface area contributed by atoms with Gasteiger partial charge in [-0.25, -0.2) is 0 Å². The lowest BCUT2D eigenvalue weighted by atomic mass is 9.68. The summed E-state index contributed by atoms with van der Waals surface area (Å²) in [5.41, 5.74) is 1.45. The van der Waals surface area contributed by atoms with Crippen molar-refractivity contribution in [1.82, 2.24) is 0 Å². The van der Waals surface area contributed by atoms with Crippen LogP contribution in [0.1, 0.15) is 39.0 Å². The quantitative estimate of drug-likeness (QED) is 0.591. The van der Waals surface area contributed by atoms with Gasteiger partial charge in [-0.15, -0.1) is 0 Å². The van der Waals surface area contributed by atoms with Crippen LogP contribution in [0.2, 0.25) is 0 Å². The van der Waals surface area contributed by atoms with Crippen molar-refractivity contribution in [2.45, 2.75) is 39.0 Å². The van der Waals surface area contributed by atoms with Crippen molar-refractivity contribution < 1.29 is 4.79 Å². The van der Waals surface area contributed by atoms with Crippen molar-refractivity contribution in [3.8, 4) is 0 Å². The van der Waals surface area contributed by atoms with Crippen molar-refractivity contribution in [3.63, 3.8) is 0 Å². The summed E-state index contributed by atoms with van der Waals surface area (Å²) in [5, 5.41) is 0. The van der Waals surface area contributed by atoms with Crippen molar-refractivity contribution >= 4 is 5.78 Å². The Labute approximate surface area is 109 Å². The fourth-order valence-electron chi connectivity index (χ4n) is 5.31. The molecule has 4 aliphatic carbocycles. The van der Waals surface area contributed by atoms with Gasteiger partial charge in [0.2, 0.25) is 0 Å². The summed E-state index contributed by atoms with van der Waals surface area (Å²) in [6.07, 6.45) is 13.2. The van der Waals surface area contributed by atoms with Crippen molar-refractivity contribution in [2.75, 3.05) is 0 Å². The number of hydrogen-bond acceptors (Lipinski definition) is 1. The van der Waals surface area contributed by atoms with Crippen LogP contribution >= 0.6 is 0 Å². The van der Waals surface area contributed by atoms with E-state index >= 15 is 0 Å². The largest absolute Gasteiger partial charge is 0.299 e. The van der Waals surface area contributed by atoms with Crippen LogP contribution < -0.4 is 0 Å². The number of carbonyl (C=O) groups excluding carboxylic acids is 1. The molecule has 6 atom stereocenters. The van der Waals surface area contributed by atoms with Crippen molar-refractivity contribution in [3.05, 3.63) is 23.8 Å². The number of allylic oxidation sites excluding steroid dienone is 4. The van der Waals surface area contributed by atoms with Crippen molar-refractivity contribution in [2.24, 2.45) is 35.5 Å². The van der Waals surface area contributed by atoms with Crippen LogP contribution in [0.3, 0.4) is 0 Å². The molecule has 1 nitrogen and oxygen atoms in total. The lowest BCUT2D eigenvalue weighted by Crippen LogP contribution is -2.36. The van der Waals surface area contributed by atoms with E-state index in [2.05, 4.69) is 25.2 Å². The molecule has 0 heterocycles. The van der Waals surface area contributed by atoms with Crippen LogP contribution in [0.15, 0.2) is 23.8 Å². The Balaban J connectivity index is 1.73. The van der Waals surface area contributed by atoms with Gasteiger partial charge in [0.05, 0.1) is 0 Å². The molecule has 96 valence electrons. The zero-order chi connectivity index (χ0) is 12.3. The molecule has 0 aromatic rings. The standard InChI is InChI=1S/C17H22O/c1-10-5-8-14-11-6-7-12(9-11)16(14)17(18)15-4-2-3-13(10)15/h2-3,5,11-16H,4,6-9H2,1H3/b10-5-/t11-,12+,13+,14+,15+,16+/m0/s1. The average Bonchev–Trinajstić information content (AvgIpc) is 3.06. The zero-order valence-corrected chi connectivity index (χ0v) is 11.1. The van der Waals surface area contributed by atoms with E-state index in [-0.39, 0.29) is 5.92 Å². The molecule has 2 bridgehead atoms. The number of rotatable bonds is 0. The minimum Gasteiger partial charge on any atom is -0.299 e. The number of Topliss-reactive ketones (excluding diaryl/α,β-unsaturated/α-hetero) is 1. The highest BCUT2D eigenvalue weighted by atomic mass is 16.1. The molecule has 0 spiro atoms. The summed E-state index contributed by atoms with van der Waals surface area (Å²) in [4.78, 5) is 12.9. The van der Waals surface area contributed by atoms with Gasteiger partial charge in [-0.3, -0.25) is 4.79 Å². The molecule has 4 aliphatic rings. The fourth-order valence-corrected chi connectivity index (χ4v) is 5.31. The van der Waals surface area contributed by atoms with E-state index in [1.165, 1.54) is 31.3 Å². The number of hydrogen-bond donors (Lipinski definition) is 0. The molecule has 1 heteroatoms. The predicted molar refractivity (Wildman–Crippen MR) is 71.9 cm³/mol. The Kier molecular flexibility index (Phi) is 2.34. The summed E-state index contributed by atoms with van der Waals surface area (Å²) < 4.78 is 0. The minimum absolute atomic E-state index is 0.286. The highest BCUT2D eigenvalue weighted by Gasteiger charge is 2.52. The summed E-state index contributed by atoms with van der Waals surface area (Å²) in [6.45, 7) is 2.23. The van der Waals surface area contributed by atoms with E-state index in [1.807, 2.05) is 0 Å². The summed E-state index contributed by atoms with van der Waals surface area (Å²) in [7, 11) is 0. The second kappa shape index (κ2) is 3.82. The smallest absolute Gasteiger partial charge is 0.140 e.